The fourth-order valence-corrected chi connectivity index (χ4v) is 3.69. The molecule has 7 nitrogen and oxygen atoms in total. The van der Waals surface area contributed by atoms with Gasteiger partial charge in [0.1, 0.15) is 5.82 Å². The van der Waals surface area contributed by atoms with Gasteiger partial charge in [0, 0.05) is 42.7 Å². The molecule has 0 fully saturated rings. The van der Waals surface area contributed by atoms with E-state index in [2.05, 4.69) is 29.4 Å². The number of carbonyl (C=O) groups excluding carboxylic acids is 1. The van der Waals surface area contributed by atoms with E-state index in [1.807, 2.05) is 47.0 Å². The molecule has 7 heteroatoms. The first-order chi connectivity index (χ1) is 15.0. The monoisotopic (exact) mass is 417 g/mol. The number of aromatic nitrogens is 4. The van der Waals surface area contributed by atoms with Crippen LogP contribution in [-0.4, -0.2) is 31.6 Å². The summed E-state index contributed by atoms with van der Waals surface area (Å²) in [6.07, 6.45) is 5.97. The van der Waals surface area contributed by atoms with E-state index >= 15 is 0 Å². The molecule has 1 N–H and O–H groups in total. The van der Waals surface area contributed by atoms with E-state index in [1.54, 1.807) is 16.8 Å². The van der Waals surface area contributed by atoms with Crippen LogP contribution in [0.15, 0.2) is 59.7 Å². The van der Waals surface area contributed by atoms with Crippen molar-refractivity contribution < 1.29 is 4.79 Å². The van der Waals surface area contributed by atoms with Crippen LogP contribution >= 0.6 is 0 Å². The Morgan fingerprint density at radius 2 is 1.84 bits per heavy atom. The van der Waals surface area contributed by atoms with Crippen LogP contribution in [0.3, 0.4) is 0 Å². The highest BCUT2D eigenvalue weighted by molar-refractivity contribution is 6.06. The molecule has 31 heavy (non-hydrogen) atoms. The number of benzene rings is 1. The van der Waals surface area contributed by atoms with Crippen LogP contribution in [0.5, 0.6) is 0 Å². The lowest BCUT2D eigenvalue weighted by molar-refractivity contribution is 0.0954. The lowest BCUT2D eigenvalue weighted by atomic mass is 10.1. The van der Waals surface area contributed by atoms with Gasteiger partial charge in [-0.3, -0.25) is 14.0 Å². The molecule has 0 unspecified atom stereocenters. The Bertz CT molecular complexity index is 1270. The van der Waals surface area contributed by atoms with Gasteiger partial charge in [0.05, 0.1) is 5.56 Å². The summed E-state index contributed by atoms with van der Waals surface area (Å²) >= 11 is 0. The number of carbonyl (C=O) groups is 1. The number of hydrogen-bond acceptors (Lipinski definition) is 4. The minimum atomic E-state index is -0.166. The van der Waals surface area contributed by atoms with Crippen molar-refractivity contribution >= 4 is 22.3 Å². The van der Waals surface area contributed by atoms with Crippen LogP contribution in [-0.2, 0) is 13.0 Å². The quantitative estimate of drug-likeness (QED) is 0.445. The zero-order chi connectivity index (χ0) is 21.8. The van der Waals surface area contributed by atoms with E-state index in [-0.39, 0.29) is 11.5 Å². The van der Waals surface area contributed by atoms with Crippen LogP contribution in [0.2, 0.25) is 0 Å². The predicted octanol–water partition coefficient (Wildman–Crippen LogP) is 3.45. The molecular formula is C24H27N5O2. The highest BCUT2D eigenvalue weighted by Crippen LogP contribution is 2.16. The number of amides is 1. The Labute approximate surface area is 180 Å². The van der Waals surface area contributed by atoms with E-state index in [4.69, 9.17) is 0 Å². The van der Waals surface area contributed by atoms with Crippen molar-refractivity contribution in [2.75, 3.05) is 6.54 Å². The summed E-state index contributed by atoms with van der Waals surface area (Å²) in [5.41, 5.74) is 1.30. The topological polar surface area (TPSA) is 81.3 Å². The van der Waals surface area contributed by atoms with Crippen LogP contribution in [0.1, 0.15) is 42.9 Å². The maximum Gasteiger partial charge on any atom is 0.258 e. The minimum absolute atomic E-state index is 0.0496. The first kappa shape index (κ1) is 20.8. The average molecular weight is 418 g/mol. The normalized spacial score (nSPS) is 11.5. The second kappa shape index (κ2) is 9.12. The molecule has 1 amide bonds. The van der Waals surface area contributed by atoms with Gasteiger partial charge in [-0.15, -0.1) is 10.2 Å². The fraction of sp³-hybridized carbons (Fsp3) is 0.333. The van der Waals surface area contributed by atoms with Crippen molar-refractivity contribution in [1.82, 2.24) is 24.5 Å². The van der Waals surface area contributed by atoms with Gasteiger partial charge in [0.15, 0.2) is 5.65 Å². The number of pyridine rings is 2. The SMILES string of the molecule is CC(C)CCn1cc(C(=O)NCCCc2nnc3ccccn23)c2ccccc2c1=O. The molecule has 0 bridgehead atoms. The van der Waals surface area contributed by atoms with Gasteiger partial charge in [-0.25, -0.2) is 0 Å². The molecule has 0 atom stereocenters. The molecule has 4 rings (SSSR count). The van der Waals surface area contributed by atoms with Gasteiger partial charge >= 0.3 is 0 Å². The summed E-state index contributed by atoms with van der Waals surface area (Å²) in [5.74, 6) is 1.18. The zero-order valence-electron chi connectivity index (χ0n) is 17.9. The molecule has 0 aliphatic heterocycles. The second-order valence-electron chi connectivity index (χ2n) is 8.17. The number of nitrogens with one attached hydrogen (secondary N) is 1. The third kappa shape index (κ3) is 4.50. The average Bonchev–Trinajstić information content (AvgIpc) is 3.19. The lowest BCUT2D eigenvalue weighted by Gasteiger charge is -2.13. The molecule has 4 aromatic rings. The van der Waals surface area contributed by atoms with Crippen molar-refractivity contribution in [3.8, 4) is 0 Å². The summed E-state index contributed by atoms with van der Waals surface area (Å²) < 4.78 is 3.62. The highest BCUT2D eigenvalue weighted by Gasteiger charge is 2.15. The first-order valence-corrected chi connectivity index (χ1v) is 10.7. The molecule has 3 aromatic heterocycles. The van der Waals surface area contributed by atoms with Gasteiger partial charge in [-0.05, 0) is 37.0 Å². The molecule has 0 spiro atoms. The summed E-state index contributed by atoms with van der Waals surface area (Å²) in [5, 5.41) is 12.7. The first-order valence-electron chi connectivity index (χ1n) is 10.7. The summed E-state index contributed by atoms with van der Waals surface area (Å²) in [6.45, 7) is 5.36. The molecule has 0 radical (unpaired) electrons. The number of aryl methyl sites for hydroxylation is 2. The Balaban J connectivity index is 1.47. The largest absolute Gasteiger partial charge is 0.352 e. The number of fused-ring (bicyclic) bond motifs is 2. The predicted molar refractivity (Wildman–Crippen MR) is 121 cm³/mol. The molecule has 0 aliphatic rings. The van der Waals surface area contributed by atoms with Crippen LogP contribution in [0.25, 0.3) is 16.4 Å². The Morgan fingerprint density at radius 1 is 1.06 bits per heavy atom. The second-order valence-corrected chi connectivity index (χ2v) is 8.17. The van der Waals surface area contributed by atoms with Gasteiger partial charge in [0.2, 0.25) is 0 Å². The van der Waals surface area contributed by atoms with E-state index < -0.39 is 0 Å². The number of rotatable bonds is 8. The molecule has 160 valence electrons. The van der Waals surface area contributed by atoms with Gasteiger partial charge < -0.3 is 9.88 Å². The summed E-state index contributed by atoms with van der Waals surface area (Å²) in [6, 6.07) is 13.1. The molecule has 3 heterocycles. The minimum Gasteiger partial charge on any atom is -0.352 e. The fourth-order valence-electron chi connectivity index (χ4n) is 3.69. The molecule has 0 saturated carbocycles. The van der Waals surface area contributed by atoms with Crippen molar-refractivity contribution in [3.05, 3.63) is 76.6 Å². The third-order valence-electron chi connectivity index (χ3n) is 5.43. The molecule has 0 aliphatic carbocycles. The van der Waals surface area contributed by atoms with E-state index in [1.165, 1.54) is 0 Å². The van der Waals surface area contributed by atoms with Crippen molar-refractivity contribution in [3.63, 3.8) is 0 Å². The molecular weight excluding hydrogens is 390 g/mol. The van der Waals surface area contributed by atoms with Crippen molar-refractivity contribution in [2.45, 2.75) is 39.7 Å². The number of nitrogens with zero attached hydrogens (tertiary/aromatic N) is 4. The molecule has 1 aromatic carbocycles. The Hall–Kier alpha value is -3.48. The maximum absolute atomic E-state index is 13.0. The summed E-state index contributed by atoms with van der Waals surface area (Å²) in [7, 11) is 0. The zero-order valence-corrected chi connectivity index (χ0v) is 17.9. The van der Waals surface area contributed by atoms with Crippen LogP contribution in [0.4, 0.5) is 0 Å². The smallest absolute Gasteiger partial charge is 0.258 e. The molecule has 0 saturated heterocycles. The lowest BCUT2D eigenvalue weighted by Crippen LogP contribution is -2.29. The van der Waals surface area contributed by atoms with E-state index in [0.29, 0.717) is 41.8 Å². The van der Waals surface area contributed by atoms with E-state index in [0.717, 1.165) is 24.3 Å². The van der Waals surface area contributed by atoms with Gasteiger partial charge in [0.25, 0.3) is 11.5 Å². The highest BCUT2D eigenvalue weighted by atomic mass is 16.2. The maximum atomic E-state index is 13.0. The van der Waals surface area contributed by atoms with Crippen molar-refractivity contribution in [2.24, 2.45) is 5.92 Å². The van der Waals surface area contributed by atoms with Crippen LogP contribution in [0, 0.1) is 5.92 Å². The Kier molecular flexibility index (Phi) is 6.11. The van der Waals surface area contributed by atoms with E-state index in [9.17, 15) is 9.59 Å². The van der Waals surface area contributed by atoms with Crippen LogP contribution < -0.4 is 10.9 Å². The third-order valence-corrected chi connectivity index (χ3v) is 5.43. The Morgan fingerprint density at radius 3 is 2.65 bits per heavy atom. The van der Waals surface area contributed by atoms with Crippen molar-refractivity contribution in [1.29, 1.82) is 0 Å². The summed E-state index contributed by atoms with van der Waals surface area (Å²) in [4.78, 5) is 25.8. The number of hydrogen-bond donors (Lipinski definition) is 1. The standard InChI is InChI=1S/C24H27N5O2/c1-17(2)12-15-28-16-20(18-8-3-4-9-19(18)24(28)31)23(30)25-13-7-11-22-27-26-21-10-5-6-14-29(21)22/h3-6,8-10,14,16-17H,7,11-13,15H2,1-2H3,(H,25,30). The van der Waals surface area contributed by atoms with Gasteiger partial charge in [-0.1, -0.05) is 38.1 Å². The van der Waals surface area contributed by atoms with Gasteiger partial charge in [-0.2, -0.15) is 0 Å².